The van der Waals surface area contributed by atoms with Gasteiger partial charge in [0.1, 0.15) is 0 Å². The Morgan fingerprint density at radius 3 is 2.92 bits per heavy atom. The predicted octanol–water partition coefficient (Wildman–Crippen LogP) is 0.566. The number of cyclic esters (lactones) is 1. The average molecular weight is 184 g/mol. The van der Waals surface area contributed by atoms with E-state index >= 15 is 0 Å². The number of carbonyl (C=O) groups excluding carboxylic acids is 1. The second-order valence-electron chi connectivity index (χ2n) is 3.80. The number of amides is 1. The van der Waals surface area contributed by atoms with Gasteiger partial charge in [-0.2, -0.15) is 0 Å². The first kappa shape index (κ1) is 8.81. The van der Waals surface area contributed by atoms with Gasteiger partial charge >= 0.3 is 6.09 Å². The van der Waals surface area contributed by atoms with Gasteiger partial charge < -0.3 is 15.4 Å². The standard InChI is InChI=1S/C9H16N2O2/c10-6-8(7-2-3-7)11-4-1-5-13-9(11)12/h7-8H,1-6,10H2. The Morgan fingerprint density at radius 2 is 2.38 bits per heavy atom. The lowest BCUT2D eigenvalue weighted by atomic mass is 10.1. The second kappa shape index (κ2) is 3.54. The van der Waals surface area contributed by atoms with E-state index in [9.17, 15) is 4.79 Å². The summed E-state index contributed by atoms with van der Waals surface area (Å²) in [5, 5.41) is 0. The average Bonchev–Trinajstić information content (AvgIpc) is 2.93. The van der Waals surface area contributed by atoms with Crippen molar-refractivity contribution in [3.8, 4) is 0 Å². The summed E-state index contributed by atoms with van der Waals surface area (Å²) in [5.74, 6) is 0.635. The summed E-state index contributed by atoms with van der Waals surface area (Å²) in [5.41, 5.74) is 5.66. The van der Waals surface area contributed by atoms with Crippen molar-refractivity contribution < 1.29 is 9.53 Å². The SMILES string of the molecule is NCC(C1CC1)N1CCCOC1=O. The first-order valence-electron chi connectivity index (χ1n) is 4.96. The Labute approximate surface area is 78.0 Å². The van der Waals surface area contributed by atoms with E-state index in [0.29, 0.717) is 19.1 Å². The van der Waals surface area contributed by atoms with Crippen LogP contribution in [-0.2, 0) is 4.74 Å². The molecule has 0 aromatic rings. The Hall–Kier alpha value is -0.770. The lowest BCUT2D eigenvalue weighted by Crippen LogP contribution is -2.49. The van der Waals surface area contributed by atoms with E-state index in [1.165, 1.54) is 12.8 Å². The summed E-state index contributed by atoms with van der Waals surface area (Å²) in [6, 6.07) is 0.229. The number of carbonyl (C=O) groups is 1. The third-order valence-corrected chi connectivity index (χ3v) is 2.81. The summed E-state index contributed by atoms with van der Waals surface area (Å²) in [4.78, 5) is 13.2. The van der Waals surface area contributed by atoms with Gasteiger partial charge in [-0.15, -0.1) is 0 Å². The van der Waals surface area contributed by atoms with E-state index in [0.717, 1.165) is 13.0 Å². The summed E-state index contributed by atoms with van der Waals surface area (Å²) in [7, 11) is 0. The van der Waals surface area contributed by atoms with Gasteiger partial charge in [-0.25, -0.2) is 4.79 Å². The molecule has 1 saturated heterocycles. The number of nitrogens with two attached hydrogens (primary N) is 1. The minimum absolute atomic E-state index is 0.173. The van der Waals surface area contributed by atoms with Crippen molar-refractivity contribution in [1.29, 1.82) is 0 Å². The van der Waals surface area contributed by atoms with Crippen LogP contribution >= 0.6 is 0 Å². The van der Waals surface area contributed by atoms with Gasteiger partial charge in [0.2, 0.25) is 0 Å². The molecule has 0 bridgehead atoms. The van der Waals surface area contributed by atoms with Crippen LogP contribution < -0.4 is 5.73 Å². The van der Waals surface area contributed by atoms with E-state index in [2.05, 4.69) is 0 Å². The molecule has 1 saturated carbocycles. The second-order valence-corrected chi connectivity index (χ2v) is 3.80. The van der Waals surface area contributed by atoms with Crippen LogP contribution in [0.4, 0.5) is 4.79 Å². The Bertz CT molecular complexity index is 204. The third kappa shape index (κ3) is 1.77. The molecule has 74 valence electrons. The van der Waals surface area contributed by atoms with Crippen LogP contribution in [0, 0.1) is 5.92 Å². The molecular formula is C9H16N2O2. The maximum Gasteiger partial charge on any atom is 0.410 e. The van der Waals surface area contributed by atoms with E-state index < -0.39 is 0 Å². The molecule has 0 aromatic heterocycles. The molecule has 1 unspecified atom stereocenters. The monoisotopic (exact) mass is 184 g/mol. The highest BCUT2D eigenvalue weighted by molar-refractivity contribution is 5.68. The van der Waals surface area contributed by atoms with Gasteiger partial charge in [0, 0.05) is 13.1 Å². The molecule has 0 spiro atoms. The molecule has 1 aliphatic heterocycles. The molecule has 1 heterocycles. The van der Waals surface area contributed by atoms with E-state index in [4.69, 9.17) is 10.5 Å². The first-order valence-corrected chi connectivity index (χ1v) is 4.96. The maximum atomic E-state index is 11.4. The van der Waals surface area contributed by atoms with Gasteiger partial charge in [-0.3, -0.25) is 0 Å². The summed E-state index contributed by atoms with van der Waals surface area (Å²) in [6.07, 6.45) is 3.19. The van der Waals surface area contributed by atoms with Gasteiger partial charge in [-0.05, 0) is 25.2 Å². The molecule has 0 radical (unpaired) electrons. The van der Waals surface area contributed by atoms with E-state index in [1.54, 1.807) is 4.90 Å². The molecule has 2 aliphatic rings. The molecule has 1 atom stereocenters. The van der Waals surface area contributed by atoms with Crippen LogP contribution in [0.2, 0.25) is 0 Å². The van der Waals surface area contributed by atoms with Crippen LogP contribution in [0.15, 0.2) is 0 Å². The lowest BCUT2D eigenvalue weighted by Gasteiger charge is -2.33. The Balaban J connectivity index is 1.98. The predicted molar refractivity (Wildman–Crippen MR) is 48.2 cm³/mol. The van der Waals surface area contributed by atoms with Crippen molar-refractivity contribution in [3.05, 3.63) is 0 Å². The smallest absolute Gasteiger partial charge is 0.410 e. The Morgan fingerprint density at radius 1 is 1.62 bits per heavy atom. The van der Waals surface area contributed by atoms with Crippen LogP contribution in [0.1, 0.15) is 19.3 Å². The van der Waals surface area contributed by atoms with Crippen LogP contribution in [0.5, 0.6) is 0 Å². The van der Waals surface area contributed by atoms with Gasteiger partial charge in [0.25, 0.3) is 0 Å². The number of nitrogens with zero attached hydrogens (tertiary/aromatic N) is 1. The zero-order valence-corrected chi connectivity index (χ0v) is 7.74. The molecule has 13 heavy (non-hydrogen) atoms. The van der Waals surface area contributed by atoms with Crippen molar-refractivity contribution in [2.75, 3.05) is 19.7 Å². The molecule has 0 aromatic carbocycles. The minimum atomic E-state index is -0.173. The molecule has 4 heteroatoms. The van der Waals surface area contributed by atoms with Crippen LogP contribution in [0.25, 0.3) is 0 Å². The van der Waals surface area contributed by atoms with Gasteiger partial charge in [0.15, 0.2) is 0 Å². The quantitative estimate of drug-likeness (QED) is 0.697. The fourth-order valence-electron chi connectivity index (χ4n) is 1.92. The minimum Gasteiger partial charge on any atom is -0.449 e. The molecule has 2 N–H and O–H groups in total. The van der Waals surface area contributed by atoms with Crippen LogP contribution in [0.3, 0.4) is 0 Å². The highest BCUT2D eigenvalue weighted by Gasteiger charge is 2.37. The number of rotatable bonds is 3. The Kier molecular flexibility index (Phi) is 2.40. The maximum absolute atomic E-state index is 11.4. The van der Waals surface area contributed by atoms with Gasteiger partial charge in [-0.1, -0.05) is 0 Å². The van der Waals surface area contributed by atoms with Crippen LogP contribution in [-0.4, -0.2) is 36.7 Å². The largest absolute Gasteiger partial charge is 0.449 e. The molecular weight excluding hydrogens is 168 g/mol. The zero-order chi connectivity index (χ0) is 9.26. The number of ether oxygens (including phenoxy) is 1. The van der Waals surface area contributed by atoms with Crippen molar-refractivity contribution in [1.82, 2.24) is 4.90 Å². The molecule has 1 aliphatic carbocycles. The number of hydrogen-bond donors (Lipinski definition) is 1. The highest BCUT2D eigenvalue weighted by Crippen LogP contribution is 2.35. The summed E-state index contributed by atoms with van der Waals surface area (Å²) in [6.45, 7) is 1.95. The van der Waals surface area contributed by atoms with Crippen molar-refractivity contribution in [3.63, 3.8) is 0 Å². The molecule has 2 fully saturated rings. The van der Waals surface area contributed by atoms with Crippen molar-refractivity contribution in [2.45, 2.75) is 25.3 Å². The fraction of sp³-hybridized carbons (Fsp3) is 0.889. The fourth-order valence-corrected chi connectivity index (χ4v) is 1.92. The topological polar surface area (TPSA) is 55.6 Å². The normalized spacial score (nSPS) is 25.6. The third-order valence-electron chi connectivity index (χ3n) is 2.81. The van der Waals surface area contributed by atoms with E-state index in [1.807, 2.05) is 0 Å². The van der Waals surface area contributed by atoms with Crippen molar-refractivity contribution in [2.24, 2.45) is 11.7 Å². The van der Waals surface area contributed by atoms with E-state index in [-0.39, 0.29) is 12.1 Å². The number of hydrogen-bond acceptors (Lipinski definition) is 3. The summed E-state index contributed by atoms with van der Waals surface area (Å²) >= 11 is 0. The first-order chi connectivity index (χ1) is 6.33. The highest BCUT2D eigenvalue weighted by atomic mass is 16.6. The zero-order valence-electron chi connectivity index (χ0n) is 7.74. The molecule has 4 nitrogen and oxygen atoms in total. The van der Waals surface area contributed by atoms with Crippen molar-refractivity contribution >= 4 is 6.09 Å². The van der Waals surface area contributed by atoms with Gasteiger partial charge in [0.05, 0.1) is 12.6 Å². The molecule has 1 amide bonds. The summed E-state index contributed by atoms with van der Waals surface area (Å²) < 4.78 is 4.98. The molecule has 2 rings (SSSR count). The lowest BCUT2D eigenvalue weighted by molar-refractivity contribution is 0.0521.